The third-order valence-electron chi connectivity index (χ3n) is 15.2. The zero-order valence-electron chi connectivity index (χ0n) is 49.7. The van der Waals surface area contributed by atoms with Gasteiger partial charge in [-0.15, -0.1) is 138 Å². The molecule has 16 aromatic rings. The maximum absolute atomic E-state index is 2.24. The smallest absolute Gasteiger partial charge is 0.0635 e. The third-order valence-corrected chi connectivity index (χ3v) is 18.0. The van der Waals surface area contributed by atoms with E-state index < -0.39 is 0 Å². The van der Waals surface area contributed by atoms with E-state index in [-0.39, 0.29) is 24.8 Å². The van der Waals surface area contributed by atoms with Crippen molar-refractivity contribution in [1.82, 2.24) is 0 Å². The molecule has 4 heteroatoms. The van der Waals surface area contributed by atoms with Crippen LogP contribution in [0, 0.1) is 0 Å². The molecule has 0 aliphatic rings. The zero-order valence-corrected chi connectivity index (χ0v) is 56.1. The zero-order chi connectivity index (χ0) is 60.0. The molecule has 90 heavy (non-hydrogen) atoms. The normalized spacial score (nSPS) is 10.2. The second-order valence-corrected chi connectivity index (χ2v) is 23.6. The van der Waals surface area contributed by atoms with Gasteiger partial charge in [0, 0.05) is 0 Å². The van der Waals surface area contributed by atoms with Gasteiger partial charge in [-0.25, -0.2) is 0 Å². The van der Waals surface area contributed by atoms with E-state index >= 15 is 0 Å². The van der Waals surface area contributed by atoms with Crippen molar-refractivity contribution in [2.24, 2.45) is 0 Å². The summed E-state index contributed by atoms with van der Waals surface area (Å²) in [6, 6.07) is 136. The maximum atomic E-state index is 2.24. The molecule has 0 radical (unpaired) electrons. The minimum absolute atomic E-state index is 0. The van der Waals surface area contributed by atoms with Gasteiger partial charge in [0.15, 0.2) is 0 Å². The number of hydrogen-bond donors (Lipinski definition) is 0. The van der Waals surface area contributed by atoms with Gasteiger partial charge in [0.2, 0.25) is 0 Å². The fraction of sp³-hybridized carbons (Fsp3) is 0. The Morgan fingerprint density at radius 2 is 0.344 bits per heavy atom. The summed E-state index contributed by atoms with van der Waals surface area (Å²) in [5, 5.41) is 10.5. The van der Waals surface area contributed by atoms with Gasteiger partial charge in [-0.05, 0) is 0 Å². The minimum Gasteiger partial charge on any atom is -0.145 e. The van der Waals surface area contributed by atoms with E-state index in [2.05, 4.69) is 364 Å². The van der Waals surface area contributed by atoms with Crippen LogP contribution in [0.1, 0.15) is 22.3 Å². The predicted octanol–water partition coefficient (Wildman–Crippen LogP) is 16.5. The molecule has 16 aromatic carbocycles. The number of hydrogen-bond acceptors (Lipinski definition) is 0. The summed E-state index contributed by atoms with van der Waals surface area (Å²) in [7, 11) is 0. The SMILES string of the molecule is [Cl-].[Cl-].[Zr+2]=[C](c1ccccc1)c1ccccc1.[Zr+2]=[C](c1ccccc1)c1ccccc1.c1ccc(-c2cc3ccccc3[cH-]2)cc1.c1ccc(-c2cc3ccccc3[cH-]2)cc1.c1ccc(-c2cc3ccccc3[cH-]2)cc1.c1ccc(-c2cc3ccccc3[cH-]2)cc1. The van der Waals surface area contributed by atoms with Crippen molar-refractivity contribution >= 4 is 49.5 Å². The van der Waals surface area contributed by atoms with Crippen LogP contribution in [0.2, 0.25) is 0 Å². The standard InChI is InChI=1S/4C15H11.2C13H10.2ClH.2Zr/c4*1-2-6-12(7-3-1)15-10-13-8-4-5-9-14(13)11-15;2*1-3-7-12(8-4-1)11-13-9-5-2-6-10-13;;;;/h4*1-11H;2*1-10H;2*1H;;/q4*-1;;;;;2*+2/p-2. The molecule has 0 aliphatic carbocycles. The Bertz CT molecular complexity index is 3980. The Morgan fingerprint density at radius 3 is 0.522 bits per heavy atom. The van der Waals surface area contributed by atoms with E-state index in [1.54, 1.807) is 0 Å². The van der Waals surface area contributed by atoms with Gasteiger partial charge in [-0.1, -0.05) is 216 Å². The molecule has 0 aliphatic heterocycles. The van der Waals surface area contributed by atoms with Crippen molar-refractivity contribution in [3.63, 3.8) is 0 Å². The number of benzene rings is 12. The molecule has 0 aromatic heterocycles. The molecule has 0 fully saturated rings. The van der Waals surface area contributed by atoms with Crippen molar-refractivity contribution in [2.45, 2.75) is 0 Å². The molecule has 0 nitrogen and oxygen atoms in total. The molecular weight excluding hydrogens is 1290 g/mol. The quantitative estimate of drug-likeness (QED) is 0.133. The van der Waals surface area contributed by atoms with Crippen molar-refractivity contribution in [1.29, 1.82) is 0 Å². The molecular formula is C86H64Cl2Zr2-2. The Morgan fingerprint density at radius 1 is 0.189 bits per heavy atom. The molecule has 0 heterocycles. The summed E-state index contributed by atoms with van der Waals surface area (Å²) >= 11 is 2.92. The van der Waals surface area contributed by atoms with Crippen molar-refractivity contribution < 1.29 is 73.3 Å². The Labute approximate surface area is 572 Å². The van der Waals surface area contributed by atoms with Crippen LogP contribution in [-0.2, 0) is 48.5 Å². The number of fused-ring (bicyclic) bond motifs is 4. The van der Waals surface area contributed by atoms with Crippen LogP contribution in [0.4, 0.5) is 0 Å². The van der Waals surface area contributed by atoms with Crippen LogP contribution in [0.15, 0.2) is 388 Å². The summed E-state index contributed by atoms with van der Waals surface area (Å²) in [6.45, 7) is 0. The Kier molecular flexibility index (Phi) is 24.9. The van der Waals surface area contributed by atoms with Crippen molar-refractivity contribution in [2.75, 3.05) is 0 Å². The molecule has 0 saturated heterocycles. The summed E-state index contributed by atoms with van der Waals surface area (Å²) in [6.07, 6.45) is 0. The molecule has 0 unspecified atom stereocenters. The molecule has 432 valence electrons. The van der Waals surface area contributed by atoms with E-state index in [0.29, 0.717) is 0 Å². The van der Waals surface area contributed by atoms with Crippen LogP contribution in [0.3, 0.4) is 0 Å². The molecule has 0 bridgehead atoms. The first-order valence-corrected chi connectivity index (χ1v) is 32.2. The van der Waals surface area contributed by atoms with Crippen LogP contribution < -0.4 is 24.8 Å². The van der Waals surface area contributed by atoms with Gasteiger partial charge in [-0.3, -0.25) is 0 Å². The molecule has 0 spiro atoms. The van der Waals surface area contributed by atoms with Gasteiger partial charge < -0.3 is 24.8 Å². The van der Waals surface area contributed by atoms with E-state index in [4.69, 9.17) is 0 Å². The van der Waals surface area contributed by atoms with E-state index in [1.165, 1.54) is 165 Å². The van der Waals surface area contributed by atoms with E-state index in [9.17, 15) is 0 Å². The summed E-state index contributed by atoms with van der Waals surface area (Å²) in [4.78, 5) is 0. The van der Waals surface area contributed by atoms with Gasteiger partial charge in [0.1, 0.15) is 0 Å². The molecule has 16 rings (SSSR count). The van der Waals surface area contributed by atoms with Crippen LogP contribution in [-0.4, -0.2) is 6.41 Å². The second kappa shape index (κ2) is 34.2. The van der Waals surface area contributed by atoms with Crippen molar-refractivity contribution in [3.8, 4) is 44.5 Å². The monoisotopic (exact) mass is 1350 g/mol. The molecule has 0 amide bonds. The fourth-order valence-electron chi connectivity index (χ4n) is 10.5. The average Bonchev–Trinajstić information content (AvgIpc) is 3.26. The van der Waals surface area contributed by atoms with Gasteiger partial charge in [0.05, 0.1) is 0 Å². The topological polar surface area (TPSA) is 0 Å². The van der Waals surface area contributed by atoms with Gasteiger partial charge in [0.25, 0.3) is 0 Å². The first kappa shape index (κ1) is 65.6. The third kappa shape index (κ3) is 18.2. The minimum atomic E-state index is 0. The van der Waals surface area contributed by atoms with Gasteiger partial charge in [-0.2, -0.15) is 0 Å². The fourth-order valence-corrected chi connectivity index (χ4v) is 12.2. The first-order chi connectivity index (χ1) is 43.5. The summed E-state index contributed by atoms with van der Waals surface area (Å²) < 4.78 is 2.83. The molecule has 0 N–H and O–H groups in total. The largest absolute Gasteiger partial charge is 0.145 e. The maximum Gasteiger partial charge on any atom is -0.0635 e. The first-order valence-electron chi connectivity index (χ1n) is 29.7. The van der Waals surface area contributed by atoms with E-state index in [1.807, 2.05) is 24.3 Å². The number of halogens is 2. The van der Waals surface area contributed by atoms with Crippen molar-refractivity contribution in [3.05, 3.63) is 411 Å². The average molecular weight is 1350 g/mol. The van der Waals surface area contributed by atoms with E-state index in [0.717, 1.165) is 0 Å². The second-order valence-electron chi connectivity index (χ2n) is 21.2. The summed E-state index contributed by atoms with van der Waals surface area (Å²) in [5.41, 5.74) is 15.7. The van der Waals surface area contributed by atoms with Crippen LogP contribution in [0.25, 0.3) is 87.6 Å². The number of rotatable bonds is 8. The van der Waals surface area contributed by atoms with Crippen LogP contribution in [0.5, 0.6) is 0 Å². The van der Waals surface area contributed by atoms with Crippen LogP contribution >= 0.6 is 0 Å². The Hall–Kier alpha value is -8.83. The van der Waals surface area contributed by atoms with Gasteiger partial charge >= 0.3 is 198 Å². The Balaban J connectivity index is 0.000000128. The predicted molar refractivity (Wildman–Crippen MR) is 372 cm³/mol. The molecule has 0 saturated carbocycles. The molecule has 0 atom stereocenters. The summed E-state index contributed by atoms with van der Waals surface area (Å²) in [5.74, 6) is 0.